The van der Waals surface area contributed by atoms with Gasteiger partial charge in [0, 0.05) is 33.5 Å². The van der Waals surface area contributed by atoms with Crippen LogP contribution in [-0.2, 0) is 4.79 Å². The number of carbonyl (C=O) groups is 2. The lowest BCUT2D eigenvalue weighted by Gasteiger charge is -2.11. The largest absolute Gasteiger partial charge is 0.352 e. The molecule has 1 aliphatic rings. The Kier molecular flexibility index (Phi) is 4.40. The Labute approximate surface area is 122 Å². The van der Waals surface area contributed by atoms with Gasteiger partial charge in [-0.15, -0.1) is 0 Å². The molecule has 6 heteroatoms. The summed E-state index contributed by atoms with van der Waals surface area (Å²) in [4.78, 5) is 22.9. The quantitative estimate of drug-likeness (QED) is 0.850. The van der Waals surface area contributed by atoms with Crippen LogP contribution in [-0.4, -0.2) is 24.4 Å². The van der Waals surface area contributed by atoms with Crippen LogP contribution in [0.15, 0.2) is 27.1 Å². The van der Waals surface area contributed by atoms with E-state index in [2.05, 4.69) is 42.5 Å². The van der Waals surface area contributed by atoms with E-state index in [9.17, 15) is 9.59 Å². The van der Waals surface area contributed by atoms with E-state index in [0.717, 1.165) is 15.4 Å². The van der Waals surface area contributed by atoms with E-state index < -0.39 is 0 Å². The third kappa shape index (κ3) is 3.55. The minimum absolute atomic E-state index is 0.0528. The van der Waals surface area contributed by atoms with Gasteiger partial charge in [0.1, 0.15) is 0 Å². The van der Waals surface area contributed by atoms with Crippen LogP contribution in [0.4, 0.5) is 0 Å². The topological polar surface area (TPSA) is 58.2 Å². The number of hydrogen-bond acceptors (Lipinski definition) is 2. The van der Waals surface area contributed by atoms with Crippen molar-refractivity contribution in [1.29, 1.82) is 0 Å². The molecule has 1 unspecified atom stereocenters. The van der Waals surface area contributed by atoms with Crippen molar-refractivity contribution in [2.45, 2.75) is 18.9 Å². The summed E-state index contributed by atoms with van der Waals surface area (Å²) in [5.41, 5.74) is 0.584. The van der Waals surface area contributed by atoms with E-state index in [-0.39, 0.29) is 17.9 Å². The monoisotopic (exact) mass is 374 g/mol. The summed E-state index contributed by atoms with van der Waals surface area (Å²) >= 11 is 6.68. The van der Waals surface area contributed by atoms with Gasteiger partial charge in [0.15, 0.2) is 0 Å². The van der Waals surface area contributed by atoms with Crippen molar-refractivity contribution in [1.82, 2.24) is 10.6 Å². The Balaban J connectivity index is 1.93. The summed E-state index contributed by atoms with van der Waals surface area (Å²) in [6, 6.07) is 5.44. The first-order valence-electron chi connectivity index (χ1n) is 5.58. The minimum atomic E-state index is -0.141. The third-order valence-corrected chi connectivity index (χ3v) is 3.63. The van der Waals surface area contributed by atoms with Crippen LogP contribution >= 0.6 is 31.9 Å². The average molecular weight is 376 g/mol. The van der Waals surface area contributed by atoms with Crippen LogP contribution in [0.2, 0.25) is 0 Å². The van der Waals surface area contributed by atoms with E-state index in [1.54, 1.807) is 12.1 Å². The van der Waals surface area contributed by atoms with Crippen molar-refractivity contribution in [3.8, 4) is 0 Å². The molecular weight excluding hydrogens is 364 g/mol. The molecule has 0 radical (unpaired) electrons. The van der Waals surface area contributed by atoms with Crippen molar-refractivity contribution >= 4 is 43.7 Å². The lowest BCUT2D eigenvalue weighted by molar-refractivity contribution is -0.119. The highest BCUT2D eigenvalue weighted by Gasteiger charge is 2.21. The number of hydrogen-bond donors (Lipinski definition) is 2. The SMILES string of the molecule is O=C1CCC(CNC(=O)c2cc(Br)cc(Br)c2)N1. The van der Waals surface area contributed by atoms with Crippen molar-refractivity contribution in [2.24, 2.45) is 0 Å². The minimum Gasteiger partial charge on any atom is -0.352 e. The molecule has 0 saturated carbocycles. The Morgan fingerprint density at radius 3 is 2.56 bits per heavy atom. The maximum absolute atomic E-state index is 11.9. The lowest BCUT2D eigenvalue weighted by Crippen LogP contribution is -2.38. The van der Waals surface area contributed by atoms with Gasteiger partial charge in [-0.05, 0) is 24.6 Å². The van der Waals surface area contributed by atoms with Crippen LogP contribution in [0.5, 0.6) is 0 Å². The summed E-state index contributed by atoms with van der Waals surface area (Å²) < 4.78 is 1.69. The zero-order valence-corrected chi connectivity index (χ0v) is 12.7. The molecule has 1 aliphatic heterocycles. The number of nitrogens with one attached hydrogen (secondary N) is 2. The second-order valence-electron chi connectivity index (χ2n) is 4.17. The molecule has 0 spiro atoms. The number of amides is 2. The summed E-state index contributed by atoms with van der Waals surface area (Å²) in [5.74, 6) is -0.0856. The molecule has 2 amide bonds. The van der Waals surface area contributed by atoms with Crippen molar-refractivity contribution in [2.75, 3.05) is 6.54 Å². The smallest absolute Gasteiger partial charge is 0.251 e. The van der Waals surface area contributed by atoms with E-state index in [0.29, 0.717) is 18.5 Å². The van der Waals surface area contributed by atoms with Crippen LogP contribution in [0.25, 0.3) is 0 Å². The molecule has 1 saturated heterocycles. The van der Waals surface area contributed by atoms with Gasteiger partial charge in [-0.25, -0.2) is 0 Å². The first-order chi connectivity index (χ1) is 8.54. The Morgan fingerprint density at radius 1 is 1.33 bits per heavy atom. The van der Waals surface area contributed by atoms with Crippen LogP contribution < -0.4 is 10.6 Å². The first-order valence-corrected chi connectivity index (χ1v) is 7.17. The van der Waals surface area contributed by atoms with E-state index in [1.165, 1.54) is 0 Å². The van der Waals surface area contributed by atoms with Gasteiger partial charge in [0.25, 0.3) is 5.91 Å². The molecule has 0 bridgehead atoms. The molecule has 0 aromatic heterocycles. The summed E-state index contributed by atoms with van der Waals surface area (Å²) in [7, 11) is 0. The Morgan fingerprint density at radius 2 is 2.00 bits per heavy atom. The summed E-state index contributed by atoms with van der Waals surface area (Å²) in [6.07, 6.45) is 1.32. The van der Waals surface area contributed by atoms with Crippen molar-refractivity contribution in [3.05, 3.63) is 32.7 Å². The fraction of sp³-hybridized carbons (Fsp3) is 0.333. The number of benzene rings is 1. The average Bonchev–Trinajstić information content (AvgIpc) is 2.70. The highest BCUT2D eigenvalue weighted by molar-refractivity contribution is 9.11. The summed E-state index contributed by atoms with van der Waals surface area (Å²) in [6.45, 7) is 0.467. The number of carbonyl (C=O) groups excluding carboxylic acids is 2. The Hall–Kier alpha value is -0.880. The zero-order valence-electron chi connectivity index (χ0n) is 9.50. The van der Waals surface area contributed by atoms with E-state index in [4.69, 9.17) is 0 Å². The normalized spacial score (nSPS) is 18.6. The van der Waals surface area contributed by atoms with Crippen molar-refractivity contribution < 1.29 is 9.59 Å². The molecule has 1 aromatic rings. The molecule has 1 atom stereocenters. The van der Waals surface area contributed by atoms with Crippen LogP contribution in [0.3, 0.4) is 0 Å². The predicted octanol–water partition coefficient (Wildman–Crippen LogP) is 2.22. The van der Waals surface area contributed by atoms with Crippen LogP contribution in [0, 0.1) is 0 Å². The second-order valence-corrected chi connectivity index (χ2v) is 6.00. The van der Waals surface area contributed by atoms with Gasteiger partial charge in [-0.1, -0.05) is 31.9 Å². The van der Waals surface area contributed by atoms with Gasteiger partial charge in [-0.2, -0.15) is 0 Å². The first kappa shape index (κ1) is 13.5. The maximum Gasteiger partial charge on any atom is 0.251 e. The fourth-order valence-electron chi connectivity index (χ4n) is 1.83. The molecule has 2 N–H and O–H groups in total. The molecule has 4 nitrogen and oxygen atoms in total. The molecular formula is C12H12Br2N2O2. The van der Waals surface area contributed by atoms with Crippen molar-refractivity contribution in [3.63, 3.8) is 0 Å². The molecule has 0 aliphatic carbocycles. The van der Waals surface area contributed by atoms with Crippen LogP contribution in [0.1, 0.15) is 23.2 Å². The molecule has 1 fully saturated rings. The van der Waals surface area contributed by atoms with E-state index in [1.807, 2.05) is 6.07 Å². The molecule has 2 rings (SSSR count). The predicted molar refractivity (Wildman–Crippen MR) is 75.3 cm³/mol. The fourth-order valence-corrected chi connectivity index (χ4v) is 3.13. The lowest BCUT2D eigenvalue weighted by atomic mass is 10.2. The maximum atomic E-state index is 11.9. The van der Waals surface area contributed by atoms with Gasteiger partial charge in [0.05, 0.1) is 0 Å². The van der Waals surface area contributed by atoms with Gasteiger partial charge < -0.3 is 10.6 Å². The standard InChI is InChI=1S/C12H12Br2N2O2/c13-8-3-7(4-9(14)5-8)12(18)15-6-10-1-2-11(17)16-10/h3-5,10H,1-2,6H2,(H,15,18)(H,16,17). The number of rotatable bonds is 3. The summed E-state index contributed by atoms with van der Waals surface area (Å²) in [5, 5.41) is 5.63. The highest BCUT2D eigenvalue weighted by atomic mass is 79.9. The van der Waals surface area contributed by atoms with E-state index >= 15 is 0 Å². The van der Waals surface area contributed by atoms with Gasteiger partial charge in [0.2, 0.25) is 5.91 Å². The highest BCUT2D eigenvalue weighted by Crippen LogP contribution is 2.20. The second kappa shape index (κ2) is 5.84. The molecule has 96 valence electrons. The zero-order chi connectivity index (χ0) is 13.1. The molecule has 1 heterocycles. The number of halogens is 2. The molecule has 1 aromatic carbocycles. The molecule has 18 heavy (non-hydrogen) atoms. The van der Waals surface area contributed by atoms with Gasteiger partial charge in [-0.3, -0.25) is 9.59 Å². The Bertz CT molecular complexity index is 471. The third-order valence-electron chi connectivity index (χ3n) is 2.72. The van der Waals surface area contributed by atoms with Gasteiger partial charge >= 0.3 is 0 Å².